The number of nitrogens with zero attached hydrogens (tertiary/aromatic N) is 2. The van der Waals surface area contributed by atoms with E-state index in [-0.39, 0.29) is 18.1 Å². The summed E-state index contributed by atoms with van der Waals surface area (Å²) in [6, 6.07) is 4.07. The number of ether oxygens (including phenoxy) is 1. The molecule has 0 radical (unpaired) electrons. The SMILES string of the molecule is O=C(Cc1c[nH]c2ncccc12)N1CCO[C@@H]2CNC[C@@H]21. The minimum Gasteiger partial charge on any atom is -0.373 e. The molecule has 4 heterocycles. The summed E-state index contributed by atoms with van der Waals surface area (Å²) in [5.41, 5.74) is 1.85. The lowest BCUT2D eigenvalue weighted by Gasteiger charge is -2.37. The lowest BCUT2D eigenvalue weighted by atomic mass is 10.1. The van der Waals surface area contributed by atoms with Gasteiger partial charge in [0.05, 0.1) is 25.2 Å². The van der Waals surface area contributed by atoms with Crippen molar-refractivity contribution < 1.29 is 9.53 Å². The number of carbonyl (C=O) groups excluding carboxylic acids is 1. The van der Waals surface area contributed by atoms with E-state index in [2.05, 4.69) is 15.3 Å². The standard InChI is InChI=1S/C15H18N4O2/c20-14(19-4-5-21-13-9-16-8-12(13)19)6-10-7-18-15-11(10)2-1-3-17-15/h1-3,7,12-13,16H,4-6,8-9H2,(H,17,18)/t12-,13+/m0/s1. The largest absolute Gasteiger partial charge is 0.373 e. The fraction of sp³-hybridized carbons (Fsp3) is 0.467. The van der Waals surface area contributed by atoms with Crippen molar-refractivity contribution >= 4 is 16.9 Å². The Labute approximate surface area is 122 Å². The molecule has 0 saturated carbocycles. The van der Waals surface area contributed by atoms with Gasteiger partial charge in [-0.2, -0.15) is 0 Å². The number of morpholine rings is 1. The first kappa shape index (κ1) is 12.8. The Morgan fingerprint density at radius 2 is 2.43 bits per heavy atom. The van der Waals surface area contributed by atoms with Gasteiger partial charge in [0.1, 0.15) is 5.65 Å². The van der Waals surface area contributed by atoms with Crippen molar-refractivity contribution in [3.05, 3.63) is 30.1 Å². The summed E-state index contributed by atoms with van der Waals surface area (Å²) in [5.74, 6) is 0.168. The smallest absolute Gasteiger partial charge is 0.227 e. The lowest BCUT2D eigenvalue weighted by Crippen LogP contribution is -2.53. The number of amides is 1. The number of carbonyl (C=O) groups is 1. The van der Waals surface area contributed by atoms with Crippen LogP contribution >= 0.6 is 0 Å². The molecular formula is C15H18N4O2. The molecule has 0 aromatic carbocycles. The third-order valence-corrected chi connectivity index (χ3v) is 4.39. The molecule has 2 aliphatic rings. The summed E-state index contributed by atoms with van der Waals surface area (Å²) in [5, 5.41) is 4.33. The molecule has 2 atom stereocenters. The van der Waals surface area contributed by atoms with Gasteiger partial charge in [-0.05, 0) is 17.7 Å². The van der Waals surface area contributed by atoms with Crippen molar-refractivity contribution in [2.24, 2.45) is 0 Å². The Morgan fingerprint density at radius 3 is 3.38 bits per heavy atom. The minimum absolute atomic E-state index is 0.146. The average molecular weight is 286 g/mol. The minimum atomic E-state index is 0.146. The van der Waals surface area contributed by atoms with Crippen molar-refractivity contribution in [1.29, 1.82) is 0 Å². The van der Waals surface area contributed by atoms with Crippen LogP contribution in [0.15, 0.2) is 24.5 Å². The molecule has 2 aromatic heterocycles. The van der Waals surface area contributed by atoms with Crippen LogP contribution in [0.5, 0.6) is 0 Å². The summed E-state index contributed by atoms with van der Waals surface area (Å²) >= 11 is 0. The second-order valence-corrected chi connectivity index (χ2v) is 5.61. The van der Waals surface area contributed by atoms with Gasteiger partial charge in [0.2, 0.25) is 5.91 Å². The van der Waals surface area contributed by atoms with Crippen molar-refractivity contribution in [3.8, 4) is 0 Å². The zero-order valence-electron chi connectivity index (χ0n) is 11.7. The molecule has 0 spiro atoms. The van der Waals surface area contributed by atoms with Crippen LogP contribution in [0.3, 0.4) is 0 Å². The van der Waals surface area contributed by atoms with Crippen LogP contribution in [-0.2, 0) is 16.0 Å². The highest BCUT2D eigenvalue weighted by molar-refractivity contribution is 5.87. The van der Waals surface area contributed by atoms with E-state index < -0.39 is 0 Å². The third-order valence-electron chi connectivity index (χ3n) is 4.39. The highest BCUT2D eigenvalue weighted by Crippen LogP contribution is 2.21. The first-order chi connectivity index (χ1) is 10.3. The van der Waals surface area contributed by atoms with Gasteiger partial charge in [0.15, 0.2) is 0 Å². The number of hydrogen-bond acceptors (Lipinski definition) is 4. The Morgan fingerprint density at radius 1 is 1.48 bits per heavy atom. The van der Waals surface area contributed by atoms with Crippen LogP contribution in [0.25, 0.3) is 11.0 Å². The summed E-state index contributed by atoms with van der Waals surface area (Å²) < 4.78 is 5.72. The maximum Gasteiger partial charge on any atom is 0.227 e. The monoisotopic (exact) mass is 286 g/mol. The van der Waals surface area contributed by atoms with Gasteiger partial charge in [-0.3, -0.25) is 4.79 Å². The van der Waals surface area contributed by atoms with Crippen LogP contribution in [0.4, 0.5) is 0 Å². The predicted molar refractivity (Wildman–Crippen MR) is 77.9 cm³/mol. The molecule has 110 valence electrons. The Hall–Kier alpha value is -1.92. The topological polar surface area (TPSA) is 70.2 Å². The Balaban J connectivity index is 1.55. The Kier molecular flexibility index (Phi) is 3.12. The normalized spacial score (nSPS) is 25.2. The molecule has 6 nitrogen and oxygen atoms in total. The first-order valence-corrected chi connectivity index (χ1v) is 7.36. The molecule has 4 rings (SSSR count). The van der Waals surface area contributed by atoms with Crippen LogP contribution in [-0.4, -0.2) is 59.2 Å². The lowest BCUT2D eigenvalue weighted by molar-refractivity contribution is -0.142. The summed E-state index contributed by atoms with van der Waals surface area (Å²) in [4.78, 5) is 22.0. The molecule has 2 saturated heterocycles. The molecule has 2 aliphatic heterocycles. The first-order valence-electron chi connectivity index (χ1n) is 7.36. The zero-order chi connectivity index (χ0) is 14.2. The average Bonchev–Trinajstić information content (AvgIpc) is 3.14. The van der Waals surface area contributed by atoms with E-state index in [0.717, 1.165) is 29.7 Å². The van der Waals surface area contributed by atoms with Gasteiger partial charge in [0, 0.05) is 37.4 Å². The maximum atomic E-state index is 12.7. The zero-order valence-corrected chi connectivity index (χ0v) is 11.7. The molecule has 2 N–H and O–H groups in total. The van der Waals surface area contributed by atoms with E-state index in [1.54, 1.807) is 6.20 Å². The van der Waals surface area contributed by atoms with Crippen molar-refractivity contribution in [2.45, 2.75) is 18.6 Å². The second kappa shape index (κ2) is 5.13. The fourth-order valence-corrected chi connectivity index (χ4v) is 3.32. The molecular weight excluding hydrogens is 268 g/mol. The van der Waals surface area contributed by atoms with Crippen LogP contribution < -0.4 is 5.32 Å². The van der Waals surface area contributed by atoms with Crippen molar-refractivity contribution in [1.82, 2.24) is 20.2 Å². The fourth-order valence-electron chi connectivity index (χ4n) is 3.32. The quantitative estimate of drug-likeness (QED) is 0.833. The third kappa shape index (κ3) is 2.20. The number of rotatable bonds is 2. The number of fused-ring (bicyclic) bond motifs is 2. The number of pyridine rings is 1. The van der Waals surface area contributed by atoms with Crippen LogP contribution in [0.1, 0.15) is 5.56 Å². The van der Waals surface area contributed by atoms with Crippen molar-refractivity contribution in [2.75, 3.05) is 26.2 Å². The highest BCUT2D eigenvalue weighted by Gasteiger charge is 2.38. The maximum absolute atomic E-state index is 12.7. The van der Waals surface area contributed by atoms with E-state index in [9.17, 15) is 4.79 Å². The number of aromatic amines is 1. The molecule has 0 aliphatic carbocycles. The summed E-state index contributed by atoms with van der Waals surface area (Å²) in [7, 11) is 0. The van der Waals surface area contributed by atoms with E-state index in [0.29, 0.717) is 19.6 Å². The molecule has 2 aromatic rings. The van der Waals surface area contributed by atoms with Gasteiger partial charge in [-0.25, -0.2) is 4.98 Å². The van der Waals surface area contributed by atoms with Crippen LogP contribution in [0, 0.1) is 0 Å². The van der Waals surface area contributed by atoms with E-state index in [1.807, 2.05) is 23.2 Å². The van der Waals surface area contributed by atoms with Gasteiger partial charge < -0.3 is 19.9 Å². The number of H-pyrrole nitrogens is 1. The number of hydrogen-bond donors (Lipinski definition) is 2. The number of aromatic nitrogens is 2. The van der Waals surface area contributed by atoms with Crippen molar-refractivity contribution in [3.63, 3.8) is 0 Å². The second-order valence-electron chi connectivity index (χ2n) is 5.61. The Bertz CT molecular complexity index is 668. The highest BCUT2D eigenvalue weighted by atomic mass is 16.5. The molecule has 0 unspecified atom stereocenters. The number of nitrogens with one attached hydrogen (secondary N) is 2. The molecule has 6 heteroatoms. The van der Waals surface area contributed by atoms with Crippen LogP contribution in [0.2, 0.25) is 0 Å². The summed E-state index contributed by atoms with van der Waals surface area (Å²) in [6.07, 6.45) is 4.20. The van der Waals surface area contributed by atoms with E-state index in [1.165, 1.54) is 0 Å². The van der Waals surface area contributed by atoms with E-state index >= 15 is 0 Å². The van der Waals surface area contributed by atoms with Gasteiger partial charge >= 0.3 is 0 Å². The molecule has 21 heavy (non-hydrogen) atoms. The molecule has 0 bridgehead atoms. The summed E-state index contributed by atoms with van der Waals surface area (Å²) in [6.45, 7) is 2.98. The predicted octanol–water partition coefficient (Wildman–Crippen LogP) is 0.305. The van der Waals surface area contributed by atoms with Gasteiger partial charge in [-0.15, -0.1) is 0 Å². The van der Waals surface area contributed by atoms with Gasteiger partial charge in [0.25, 0.3) is 0 Å². The van der Waals surface area contributed by atoms with E-state index in [4.69, 9.17) is 4.74 Å². The molecule has 2 fully saturated rings. The van der Waals surface area contributed by atoms with Gasteiger partial charge in [-0.1, -0.05) is 0 Å². The molecule has 1 amide bonds.